The van der Waals surface area contributed by atoms with Gasteiger partial charge in [-0.05, 0) is 26.2 Å². The maximum absolute atomic E-state index is 12.2. The van der Waals surface area contributed by atoms with E-state index in [2.05, 4.69) is 0 Å². The standard InChI is InChI=1S/C11H24N2O2S/c1-3-4-9-16(14,15)13-8-6-5-7-11(13,2)10-12/h3-10,12H2,1-2H3. The Morgan fingerprint density at radius 1 is 1.38 bits per heavy atom. The molecule has 4 nitrogen and oxygen atoms in total. The van der Waals surface area contributed by atoms with E-state index in [0.29, 0.717) is 13.1 Å². The van der Waals surface area contributed by atoms with Crippen molar-refractivity contribution in [2.75, 3.05) is 18.8 Å². The molecular formula is C11H24N2O2S. The van der Waals surface area contributed by atoms with Crippen LogP contribution in [0.3, 0.4) is 0 Å². The van der Waals surface area contributed by atoms with Crippen molar-refractivity contribution in [3.63, 3.8) is 0 Å². The van der Waals surface area contributed by atoms with Gasteiger partial charge in [0.05, 0.1) is 5.75 Å². The number of nitrogens with zero attached hydrogens (tertiary/aromatic N) is 1. The minimum Gasteiger partial charge on any atom is -0.329 e. The molecule has 2 N–H and O–H groups in total. The van der Waals surface area contributed by atoms with Gasteiger partial charge < -0.3 is 5.73 Å². The monoisotopic (exact) mass is 248 g/mol. The van der Waals surface area contributed by atoms with Crippen molar-refractivity contribution in [1.82, 2.24) is 4.31 Å². The van der Waals surface area contributed by atoms with Crippen molar-refractivity contribution in [2.24, 2.45) is 5.73 Å². The highest BCUT2D eigenvalue weighted by Crippen LogP contribution is 2.30. The number of piperidine rings is 1. The molecule has 96 valence electrons. The smallest absolute Gasteiger partial charge is 0.214 e. The molecule has 0 bridgehead atoms. The summed E-state index contributed by atoms with van der Waals surface area (Å²) >= 11 is 0. The lowest BCUT2D eigenvalue weighted by Crippen LogP contribution is -2.57. The van der Waals surface area contributed by atoms with Crippen LogP contribution >= 0.6 is 0 Å². The minimum atomic E-state index is -3.11. The molecule has 0 aromatic carbocycles. The molecule has 0 amide bonds. The fourth-order valence-electron chi connectivity index (χ4n) is 2.27. The number of rotatable bonds is 5. The molecule has 0 spiro atoms. The van der Waals surface area contributed by atoms with E-state index >= 15 is 0 Å². The average molecular weight is 248 g/mol. The highest BCUT2D eigenvalue weighted by Gasteiger charge is 2.39. The molecule has 1 unspecified atom stereocenters. The summed E-state index contributed by atoms with van der Waals surface area (Å²) in [6.07, 6.45) is 4.56. The largest absolute Gasteiger partial charge is 0.329 e. The Bertz CT molecular complexity index is 316. The van der Waals surface area contributed by atoms with Gasteiger partial charge in [0.2, 0.25) is 10.0 Å². The zero-order valence-electron chi connectivity index (χ0n) is 10.4. The van der Waals surface area contributed by atoms with Gasteiger partial charge in [0.25, 0.3) is 0 Å². The van der Waals surface area contributed by atoms with E-state index in [4.69, 9.17) is 5.73 Å². The second-order valence-electron chi connectivity index (χ2n) is 4.90. The number of sulfonamides is 1. The zero-order chi connectivity index (χ0) is 12.2. The van der Waals surface area contributed by atoms with E-state index in [1.165, 1.54) is 0 Å². The SMILES string of the molecule is CCCCS(=O)(=O)N1CCCCC1(C)CN. The lowest BCUT2D eigenvalue weighted by atomic mass is 9.91. The Balaban J connectivity index is 2.82. The first-order chi connectivity index (χ1) is 7.46. The van der Waals surface area contributed by atoms with Gasteiger partial charge in [-0.25, -0.2) is 8.42 Å². The van der Waals surface area contributed by atoms with Crippen LogP contribution in [0.5, 0.6) is 0 Å². The third-order valence-electron chi connectivity index (χ3n) is 3.46. The van der Waals surface area contributed by atoms with Crippen LogP contribution in [0.2, 0.25) is 0 Å². The second-order valence-corrected chi connectivity index (χ2v) is 6.91. The normalized spacial score (nSPS) is 28.2. The van der Waals surface area contributed by atoms with Crippen molar-refractivity contribution in [1.29, 1.82) is 0 Å². The summed E-state index contributed by atoms with van der Waals surface area (Å²) in [5.41, 5.74) is 5.39. The molecule has 0 radical (unpaired) electrons. The van der Waals surface area contributed by atoms with E-state index in [-0.39, 0.29) is 11.3 Å². The minimum absolute atomic E-state index is 0.263. The maximum Gasteiger partial charge on any atom is 0.214 e. The molecule has 16 heavy (non-hydrogen) atoms. The highest BCUT2D eigenvalue weighted by atomic mass is 32.2. The summed E-state index contributed by atoms with van der Waals surface area (Å²) in [7, 11) is -3.11. The Morgan fingerprint density at radius 2 is 2.06 bits per heavy atom. The maximum atomic E-state index is 12.2. The topological polar surface area (TPSA) is 63.4 Å². The molecule has 1 saturated heterocycles. The van der Waals surface area contributed by atoms with Crippen LogP contribution in [-0.2, 0) is 10.0 Å². The number of hydrogen-bond acceptors (Lipinski definition) is 3. The van der Waals surface area contributed by atoms with Crippen LogP contribution in [0.4, 0.5) is 0 Å². The van der Waals surface area contributed by atoms with Crippen LogP contribution < -0.4 is 5.73 Å². The van der Waals surface area contributed by atoms with Crippen molar-refractivity contribution in [2.45, 2.75) is 51.5 Å². The van der Waals surface area contributed by atoms with Crippen molar-refractivity contribution < 1.29 is 8.42 Å². The third-order valence-corrected chi connectivity index (χ3v) is 5.56. The molecule has 5 heteroatoms. The lowest BCUT2D eigenvalue weighted by Gasteiger charge is -2.43. The summed E-state index contributed by atoms with van der Waals surface area (Å²) in [6.45, 7) is 5.03. The van der Waals surface area contributed by atoms with Gasteiger partial charge in [-0.15, -0.1) is 0 Å². The molecule has 1 aliphatic heterocycles. The van der Waals surface area contributed by atoms with Crippen LogP contribution in [0.25, 0.3) is 0 Å². The van der Waals surface area contributed by atoms with Gasteiger partial charge in [0.15, 0.2) is 0 Å². The molecule has 0 aromatic heterocycles. The summed E-state index contributed by atoms with van der Waals surface area (Å²) in [5, 5.41) is 0. The Labute approximate surface area is 99.2 Å². The van der Waals surface area contributed by atoms with E-state index in [1.54, 1.807) is 4.31 Å². The van der Waals surface area contributed by atoms with Crippen molar-refractivity contribution >= 4 is 10.0 Å². The van der Waals surface area contributed by atoms with Gasteiger partial charge in [-0.2, -0.15) is 4.31 Å². The molecule has 1 atom stereocenters. The molecule has 1 aliphatic rings. The van der Waals surface area contributed by atoms with E-state index in [0.717, 1.165) is 32.1 Å². The quantitative estimate of drug-likeness (QED) is 0.798. The van der Waals surface area contributed by atoms with Gasteiger partial charge in [-0.3, -0.25) is 0 Å². The molecule has 1 heterocycles. The second kappa shape index (κ2) is 5.47. The van der Waals surface area contributed by atoms with E-state index in [1.807, 2.05) is 13.8 Å². The zero-order valence-corrected chi connectivity index (χ0v) is 11.2. The Morgan fingerprint density at radius 3 is 2.62 bits per heavy atom. The first kappa shape index (κ1) is 13.9. The number of hydrogen-bond donors (Lipinski definition) is 1. The van der Waals surface area contributed by atoms with Gasteiger partial charge in [-0.1, -0.05) is 19.8 Å². The highest BCUT2D eigenvalue weighted by molar-refractivity contribution is 7.89. The number of nitrogens with two attached hydrogens (primary N) is 1. The van der Waals surface area contributed by atoms with Crippen LogP contribution in [0.1, 0.15) is 46.0 Å². The Hall–Kier alpha value is -0.130. The molecular weight excluding hydrogens is 224 g/mol. The van der Waals surface area contributed by atoms with Crippen LogP contribution in [-0.4, -0.2) is 37.1 Å². The summed E-state index contributed by atoms with van der Waals surface area (Å²) in [5.74, 6) is 0.263. The lowest BCUT2D eigenvalue weighted by molar-refractivity contribution is 0.158. The summed E-state index contributed by atoms with van der Waals surface area (Å²) in [4.78, 5) is 0. The molecule has 1 rings (SSSR count). The van der Waals surface area contributed by atoms with Gasteiger partial charge in [0, 0.05) is 18.6 Å². The van der Waals surface area contributed by atoms with Crippen molar-refractivity contribution in [3.8, 4) is 0 Å². The Kier molecular flexibility index (Phi) is 4.76. The van der Waals surface area contributed by atoms with Gasteiger partial charge in [0.1, 0.15) is 0 Å². The molecule has 0 aromatic rings. The van der Waals surface area contributed by atoms with Crippen LogP contribution in [0, 0.1) is 0 Å². The molecule has 0 saturated carbocycles. The van der Waals surface area contributed by atoms with Crippen LogP contribution in [0.15, 0.2) is 0 Å². The summed E-state index contributed by atoms with van der Waals surface area (Å²) in [6, 6.07) is 0. The molecule has 0 aliphatic carbocycles. The molecule has 1 fully saturated rings. The number of unbranched alkanes of at least 4 members (excludes halogenated alkanes) is 1. The van der Waals surface area contributed by atoms with Crippen molar-refractivity contribution in [3.05, 3.63) is 0 Å². The third kappa shape index (κ3) is 2.96. The predicted octanol–water partition coefficient (Wildman–Crippen LogP) is 1.32. The summed E-state index contributed by atoms with van der Waals surface area (Å²) < 4.78 is 26.0. The average Bonchev–Trinajstić information content (AvgIpc) is 2.27. The van der Waals surface area contributed by atoms with E-state index in [9.17, 15) is 8.42 Å². The van der Waals surface area contributed by atoms with E-state index < -0.39 is 10.0 Å². The predicted molar refractivity (Wildman–Crippen MR) is 66.7 cm³/mol. The fraction of sp³-hybridized carbons (Fsp3) is 1.00. The first-order valence-corrected chi connectivity index (χ1v) is 7.78. The fourth-order valence-corrected chi connectivity index (χ4v) is 4.39. The van der Waals surface area contributed by atoms with Gasteiger partial charge >= 0.3 is 0 Å². The first-order valence-electron chi connectivity index (χ1n) is 6.17.